The molecule has 0 unspecified atom stereocenters. The molecule has 1 saturated carbocycles. The highest BCUT2D eigenvalue weighted by atomic mass is 32.2. The first-order chi connectivity index (χ1) is 16.7. The standard InChI is InChI=1S/C25H35N3O6S/c1-28(16-17-33-2)35(31,32)27-20-12-14-25(15-13-20,19-8-5-4-6-9-19)18-26-24(30)23-21(29)10-7-11-22(23)34-3/h4-11,20,27,29H,12-18H2,1-3H3,(H,26,30)/t20-,25+. The van der Waals surface area contributed by atoms with Crippen molar-refractivity contribution in [2.24, 2.45) is 0 Å². The molecule has 0 bridgehead atoms. The van der Waals surface area contributed by atoms with Crippen molar-refractivity contribution in [1.82, 2.24) is 14.3 Å². The minimum absolute atomic E-state index is 0.0961. The van der Waals surface area contributed by atoms with Crippen LogP contribution in [-0.4, -0.2) is 70.7 Å². The summed E-state index contributed by atoms with van der Waals surface area (Å²) in [7, 11) is 0.897. The first kappa shape index (κ1) is 26.9. The average Bonchev–Trinajstić information content (AvgIpc) is 2.86. The molecule has 192 valence electrons. The zero-order chi connectivity index (χ0) is 25.5. The van der Waals surface area contributed by atoms with Crippen molar-refractivity contribution in [1.29, 1.82) is 0 Å². The zero-order valence-corrected chi connectivity index (χ0v) is 21.3. The van der Waals surface area contributed by atoms with Gasteiger partial charge in [-0.2, -0.15) is 17.4 Å². The molecule has 1 aliphatic rings. The van der Waals surface area contributed by atoms with Crippen molar-refractivity contribution in [2.45, 2.75) is 37.1 Å². The molecule has 0 saturated heterocycles. The molecule has 0 spiro atoms. The number of hydrogen-bond donors (Lipinski definition) is 3. The number of rotatable bonds is 11. The van der Waals surface area contributed by atoms with Gasteiger partial charge in [-0.15, -0.1) is 0 Å². The fraction of sp³-hybridized carbons (Fsp3) is 0.480. The second-order valence-electron chi connectivity index (χ2n) is 8.89. The van der Waals surface area contributed by atoms with Crippen LogP contribution in [0.1, 0.15) is 41.6 Å². The highest BCUT2D eigenvalue weighted by molar-refractivity contribution is 7.87. The molecular weight excluding hydrogens is 470 g/mol. The Balaban J connectivity index is 1.73. The summed E-state index contributed by atoms with van der Waals surface area (Å²) in [6.45, 7) is 0.940. The van der Waals surface area contributed by atoms with Crippen LogP contribution >= 0.6 is 0 Å². The molecule has 0 radical (unpaired) electrons. The summed E-state index contributed by atoms with van der Waals surface area (Å²) in [5.74, 6) is -0.267. The van der Waals surface area contributed by atoms with Crippen LogP contribution in [0.15, 0.2) is 48.5 Å². The monoisotopic (exact) mass is 505 g/mol. The average molecular weight is 506 g/mol. The van der Waals surface area contributed by atoms with E-state index in [2.05, 4.69) is 10.0 Å². The maximum Gasteiger partial charge on any atom is 0.279 e. The van der Waals surface area contributed by atoms with Gasteiger partial charge in [-0.3, -0.25) is 4.79 Å². The number of nitrogens with one attached hydrogen (secondary N) is 2. The van der Waals surface area contributed by atoms with Crippen LogP contribution in [0, 0.1) is 0 Å². The van der Waals surface area contributed by atoms with E-state index in [0.29, 0.717) is 44.6 Å². The Bertz CT molecular complexity index is 1090. The first-order valence-electron chi connectivity index (χ1n) is 11.6. The molecule has 35 heavy (non-hydrogen) atoms. The topological polar surface area (TPSA) is 117 Å². The van der Waals surface area contributed by atoms with E-state index < -0.39 is 16.1 Å². The van der Waals surface area contributed by atoms with Crippen molar-refractivity contribution in [3.05, 3.63) is 59.7 Å². The van der Waals surface area contributed by atoms with Gasteiger partial charge in [0, 0.05) is 38.7 Å². The van der Waals surface area contributed by atoms with Crippen LogP contribution in [0.3, 0.4) is 0 Å². The minimum atomic E-state index is -3.62. The summed E-state index contributed by atoms with van der Waals surface area (Å²) >= 11 is 0. The van der Waals surface area contributed by atoms with Gasteiger partial charge in [0.2, 0.25) is 0 Å². The van der Waals surface area contributed by atoms with Gasteiger partial charge in [0.15, 0.2) is 0 Å². The SMILES string of the molecule is COCCN(C)S(=O)(=O)N[C@H]1CC[C@@](CNC(=O)c2c(O)cccc2OC)(c2ccccc2)CC1. The third-order valence-corrected chi connectivity index (χ3v) is 8.34. The normalized spacial score (nSPS) is 20.5. The van der Waals surface area contributed by atoms with E-state index in [1.807, 2.05) is 30.3 Å². The second-order valence-corrected chi connectivity index (χ2v) is 10.7. The summed E-state index contributed by atoms with van der Waals surface area (Å²) in [6, 6.07) is 14.4. The molecule has 1 aliphatic carbocycles. The maximum absolute atomic E-state index is 13.0. The Morgan fingerprint density at radius 1 is 1.11 bits per heavy atom. The molecule has 0 aliphatic heterocycles. The van der Waals surface area contributed by atoms with Crippen LogP contribution in [-0.2, 0) is 20.4 Å². The molecule has 1 amide bonds. The Hall–Kier alpha value is -2.66. The molecule has 0 aromatic heterocycles. The molecular formula is C25H35N3O6S. The number of carbonyl (C=O) groups excluding carboxylic acids is 1. The third-order valence-electron chi connectivity index (χ3n) is 6.70. The van der Waals surface area contributed by atoms with Crippen LogP contribution in [0.4, 0.5) is 0 Å². The van der Waals surface area contributed by atoms with Crippen molar-refractivity contribution in [3.63, 3.8) is 0 Å². The van der Waals surface area contributed by atoms with E-state index in [-0.39, 0.29) is 29.3 Å². The highest BCUT2D eigenvalue weighted by Crippen LogP contribution is 2.39. The van der Waals surface area contributed by atoms with Gasteiger partial charge in [-0.25, -0.2) is 0 Å². The summed E-state index contributed by atoms with van der Waals surface area (Å²) in [5.41, 5.74) is 0.820. The smallest absolute Gasteiger partial charge is 0.279 e. The zero-order valence-electron chi connectivity index (χ0n) is 20.5. The summed E-state index contributed by atoms with van der Waals surface area (Å²) in [6.07, 6.45) is 2.62. The number of aromatic hydroxyl groups is 1. The Labute approximate surface area is 207 Å². The first-order valence-corrected chi connectivity index (χ1v) is 13.1. The van der Waals surface area contributed by atoms with Crippen LogP contribution in [0.5, 0.6) is 11.5 Å². The lowest BCUT2D eigenvalue weighted by Gasteiger charge is -2.41. The number of likely N-dealkylation sites (N-methyl/N-ethyl adjacent to an activating group) is 1. The van der Waals surface area contributed by atoms with E-state index in [9.17, 15) is 18.3 Å². The molecule has 3 rings (SSSR count). The van der Waals surface area contributed by atoms with E-state index >= 15 is 0 Å². The number of methoxy groups -OCH3 is 2. The van der Waals surface area contributed by atoms with Gasteiger partial charge < -0.3 is 19.9 Å². The second kappa shape index (κ2) is 11.9. The lowest BCUT2D eigenvalue weighted by Crippen LogP contribution is -2.50. The quantitative estimate of drug-likeness (QED) is 0.432. The third kappa shape index (κ3) is 6.52. The van der Waals surface area contributed by atoms with E-state index in [0.717, 1.165) is 5.56 Å². The van der Waals surface area contributed by atoms with Crippen LogP contribution < -0.4 is 14.8 Å². The molecule has 9 nitrogen and oxygen atoms in total. The fourth-order valence-electron chi connectivity index (χ4n) is 4.54. The van der Waals surface area contributed by atoms with E-state index in [4.69, 9.17) is 9.47 Å². The number of carbonyl (C=O) groups is 1. The molecule has 2 aromatic carbocycles. The predicted molar refractivity (Wildman–Crippen MR) is 134 cm³/mol. The number of phenolic OH excluding ortho intramolecular Hbond substituents is 1. The number of phenols is 1. The largest absolute Gasteiger partial charge is 0.507 e. The number of ether oxygens (including phenoxy) is 2. The number of benzene rings is 2. The Morgan fingerprint density at radius 2 is 1.80 bits per heavy atom. The van der Waals surface area contributed by atoms with Crippen LogP contribution in [0.2, 0.25) is 0 Å². The Kier molecular flexibility index (Phi) is 9.12. The van der Waals surface area contributed by atoms with Gasteiger partial charge in [-0.05, 0) is 43.4 Å². The fourth-order valence-corrected chi connectivity index (χ4v) is 5.70. The number of nitrogens with zero attached hydrogens (tertiary/aromatic N) is 1. The van der Waals surface area contributed by atoms with Gasteiger partial charge in [0.05, 0.1) is 13.7 Å². The molecule has 3 N–H and O–H groups in total. The minimum Gasteiger partial charge on any atom is -0.507 e. The lowest BCUT2D eigenvalue weighted by molar-refractivity contribution is 0.0929. The summed E-state index contributed by atoms with van der Waals surface area (Å²) in [4.78, 5) is 13.0. The van der Waals surface area contributed by atoms with Crippen molar-refractivity contribution < 1.29 is 27.8 Å². The van der Waals surface area contributed by atoms with Gasteiger partial charge in [-0.1, -0.05) is 36.4 Å². The summed E-state index contributed by atoms with van der Waals surface area (Å²) in [5, 5.41) is 13.2. The summed E-state index contributed by atoms with van der Waals surface area (Å²) < 4.78 is 39.6. The van der Waals surface area contributed by atoms with Crippen molar-refractivity contribution in [3.8, 4) is 11.5 Å². The van der Waals surface area contributed by atoms with Crippen molar-refractivity contribution in [2.75, 3.05) is 41.0 Å². The number of hydrogen-bond acceptors (Lipinski definition) is 6. The molecule has 2 aromatic rings. The van der Waals surface area contributed by atoms with Crippen molar-refractivity contribution >= 4 is 16.1 Å². The van der Waals surface area contributed by atoms with Gasteiger partial charge >= 0.3 is 0 Å². The van der Waals surface area contributed by atoms with E-state index in [1.165, 1.54) is 31.6 Å². The van der Waals surface area contributed by atoms with E-state index in [1.54, 1.807) is 12.1 Å². The number of amides is 1. The Morgan fingerprint density at radius 3 is 2.43 bits per heavy atom. The molecule has 0 atom stereocenters. The molecule has 0 heterocycles. The predicted octanol–water partition coefficient (Wildman–Crippen LogP) is 2.42. The molecule has 10 heteroatoms. The van der Waals surface area contributed by atoms with Gasteiger partial charge in [0.1, 0.15) is 17.1 Å². The van der Waals surface area contributed by atoms with Crippen LogP contribution in [0.25, 0.3) is 0 Å². The highest BCUT2D eigenvalue weighted by Gasteiger charge is 2.39. The molecule has 1 fully saturated rings. The van der Waals surface area contributed by atoms with Gasteiger partial charge in [0.25, 0.3) is 16.1 Å². The maximum atomic E-state index is 13.0. The lowest BCUT2D eigenvalue weighted by atomic mass is 9.68.